The van der Waals surface area contributed by atoms with Crippen molar-refractivity contribution in [2.24, 2.45) is 0 Å². The summed E-state index contributed by atoms with van der Waals surface area (Å²) in [5.74, 6) is 1.89. The Hall–Kier alpha value is -8.01. The molecule has 0 aliphatic rings. The van der Waals surface area contributed by atoms with Gasteiger partial charge in [-0.25, -0.2) is 15.0 Å². The van der Waals surface area contributed by atoms with Crippen molar-refractivity contribution in [3.63, 3.8) is 0 Å². The maximum atomic E-state index is 5.31. The van der Waals surface area contributed by atoms with E-state index in [0.717, 1.165) is 54.7 Å². The molecule has 11 aromatic rings. The average Bonchev–Trinajstić information content (AvgIpc) is 3.33. The maximum Gasteiger partial charge on any atom is 0.164 e. The van der Waals surface area contributed by atoms with E-state index in [9.17, 15) is 0 Å². The maximum absolute atomic E-state index is 5.31. The van der Waals surface area contributed by atoms with Crippen molar-refractivity contribution in [3.05, 3.63) is 224 Å². The average molecular weight is 764 g/mol. The minimum atomic E-state index is 0.627. The van der Waals surface area contributed by atoms with E-state index in [1.807, 2.05) is 0 Å². The Bertz CT molecular complexity index is 3360. The number of benzene rings is 10. The molecule has 0 bridgehead atoms. The van der Waals surface area contributed by atoms with E-state index in [4.69, 9.17) is 15.0 Å². The lowest BCUT2D eigenvalue weighted by Crippen LogP contribution is -2.01. The van der Waals surface area contributed by atoms with Crippen LogP contribution in [0.1, 0.15) is 0 Å². The topological polar surface area (TPSA) is 38.7 Å². The fourth-order valence-corrected chi connectivity index (χ4v) is 8.49. The van der Waals surface area contributed by atoms with Crippen molar-refractivity contribution in [3.8, 4) is 78.7 Å². The highest BCUT2D eigenvalue weighted by molar-refractivity contribution is 6.05. The first-order valence-electron chi connectivity index (χ1n) is 20.3. The first-order valence-corrected chi connectivity index (χ1v) is 20.3. The molecule has 0 aliphatic heterocycles. The predicted molar refractivity (Wildman–Crippen MR) is 250 cm³/mol. The lowest BCUT2D eigenvalue weighted by atomic mass is 9.94. The number of hydrogen-bond acceptors (Lipinski definition) is 3. The molecule has 11 rings (SSSR count). The van der Waals surface area contributed by atoms with Crippen molar-refractivity contribution in [1.82, 2.24) is 15.0 Å². The van der Waals surface area contributed by atoms with E-state index in [2.05, 4.69) is 224 Å². The third kappa shape index (κ3) is 6.58. The molecule has 0 atom stereocenters. The van der Waals surface area contributed by atoms with Gasteiger partial charge in [-0.15, -0.1) is 0 Å². The van der Waals surface area contributed by atoms with Crippen LogP contribution in [-0.4, -0.2) is 15.0 Å². The van der Waals surface area contributed by atoms with Crippen LogP contribution in [0.4, 0.5) is 0 Å². The quantitative estimate of drug-likeness (QED) is 0.162. The Labute approximate surface area is 349 Å². The van der Waals surface area contributed by atoms with Crippen LogP contribution in [0.15, 0.2) is 224 Å². The van der Waals surface area contributed by atoms with Crippen molar-refractivity contribution < 1.29 is 0 Å². The van der Waals surface area contributed by atoms with Crippen molar-refractivity contribution >= 4 is 32.3 Å². The van der Waals surface area contributed by atoms with Crippen LogP contribution in [0, 0.1) is 0 Å². The monoisotopic (exact) mass is 763 g/mol. The highest BCUT2D eigenvalue weighted by atomic mass is 15.0. The van der Waals surface area contributed by atoms with E-state index in [-0.39, 0.29) is 0 Å². The molecule has 60 heavy (non-hydrogen) atoms. The standard InChI is InChI=1S/C57H37N3/c1-4-15-38(16-5-1)41-22-14-23-42(33-41)43-27-28-45-35-47(30-29-44(45)34-43)55-58-56(48-36-46-21-10-11-24-49(46)54(37-48)40-19-8-3-9-20-40)60-57(59-55)53-32-31-50(39-17-6-2-7-18-39)51-25-12-13-26-52(51)53/h1-37H. The molecular formula is C57H37N3. The molecule has 0 N–H and O–H groups in total. The zero-order chi connectivity index (χ0) is 39.8. The number of rotatable bonds is 7. The molecule has 0 unspecified atom stereocenters. The molecule has 1 aromatic heterocycles. The molecule has 0 fully saturated rings. The van der Waals surface area contributed by atoms with E-state index in [0.29, 0.717) is 17.5 Å². The molecule has 0 spiro atoms. The van der Waals surface area contributed by atoms with Gasteiger partial charge in [-0.05, 0) is 113 Å². The summed E-state index contributed by atoms with van der Waals surface area (Å²) in [5.41, 5.74) is 12.2. The number of fused-ring (bicyclic) bond motifs is 3. The third-order valence-corrected chi connectivity index (χ3v) is 11.5. The Balaban J connectivity index is 1.07. The molecule has 0 saturated heterocycles. The summed E-state index contributed by atoms with van der Waals surface area (Å²) in [6.07, 6.45) is 0. The van der Waals surface area contributed by atoms with Crippen LogP contribution < -0.4 is 0 Å². The number of aromatic nitrogens is 3. The molecule has 0 radical (unpaired) electrons. The molecule has 3 nitrogen and oxygen atoms in total. The van der Waals surface area contributed by atoms with Crippen LogP contribution >= 0.6 is 0 Å². The largest absolute Gasteiger partial charge is 0.208 e. The Morgan fingerprint density at radius 2 is 0.650 bits per heavy atom. The third-order valence-electron chi connectivity index (χ3n) is 11.5. The second-order valence-electron chi connectivity index (χ2n) is 15.2. The van der Waals surface area contributed by atoms with Gasteiger partial charge in [0, 0.05) is 16.7 Å². The zero-order valence-corrected chi connectivity index (χ0v) is 32.7. The summed E-state index contributed by atoms with van der Waals surface area (Å²) in [6.45, 7) is 0. The second kappa shape index (κ2) is 15.1. The van der Waals surface area contributed by atoms with E-state index >= 15 is 0 Å². The number of hydrogen-bond donors (Lipinski definition) is 0. The summed E-state index contributed by atoms with van der Waals surface area (Å²) in [4.78, 5) is 15.9. The Morgan fingerprint density at radius 3 is 1.35 bits per heavy atom. The minimum Gasteiger partial charge on any atom is -0.208 e. The van der Waals surface area contributed by atoms with Crippen LogP contribution in [0.5, 0.6) is 0 Å². The predicted octanol–water partition coefficient (Wildman–Crippen LogP) is 15.0. The normalized spacial score (nSPS) is 11.3. The molecule has 280 valence electrons. The van der Waals surface area contributed by atoms with Gasteiger partial charge < -0.3 is 0 Å². The molecule has 0 aliphatic carbocycles. The first kappa shape index (κ1) is 35.2. The van der Waals surface area contributed by atoms with Crippen molar-refractivity contribution in [2.45, 2.75) is 0 Å². The SMILES string of the molecule is c1ccc(-c2cccc(-c3ccc4cc(-c5nc(-c6cc(-c7ccccc7)c7ccccc7c6)nc(-c6ccc(-c7ccccc7)c7ccccc67)n5)ccc4c3)c2)cc1. The molecule has 0 amide bonds. The lowest BCUT2D eigenvalue weighted by Gasteiger charge is -2.14. The smallest absolute Gasteiger partial charge is 0.164 e. The van der Waals surface area contributed by atoms with Crippen LogP contribution in [0.2, 0.25) is 0 Å². The summed E-state index contributed by atoms with van der Waals surface area (Å²) in [7, 11) is 0. The molecule has 0 saturated carbocycles. The summed E-state index contributed by atoms with van der Waals surface area (Å²) >= 11 is 0. The van der Waals surface area contributed by atoms with Gasteiger partial charge in [0.05, 0.1) is 0 Å². The van der Waals surface area contributed by atoms with Gasteiger partial charge in [-0.1, -0.05) is 188 Å². The van der Waals surface area contributed by atoms with Gasteiger partial charge in [-0.3, -0.25) is 0 Å². The first-order chi connectivity index (χ1) is 29.7. The minimum absolute atomic E-state index is 0.627. The highest BCUT2D eigenvalue weighted by Gasteiger charge is 2.18. The molecule has 10 aromatic carbocycles. The summed E-state index contributed by atoms with van der Waals surface area (Å²) in [6, 6.07) is 79.5. The van der Waals surface area contributed by atoms with E-state index < -0.39 is 0 Å². The fraction of sp³-hybridized carbons (Fsp3) is 0. The Kier molecular flexibility index (Phi) is 8.83. The fourth-order valence-electron chi connectivity index (χ4n) is 8.49. The van der Waals surface area contributed by atoms with Crippen LogP contribution in [0.25, 0.3) is 111 Å². The molecular weight excluding hydrogens is 727 g/mol. The second-order valence-corrected chi connectivity index (χ2v) is 15.2. The van der Waals surface area contributed by atoms with E-state index in [1.54, 1.807) is 0 Å². The van der Waals surface area contributed by atoms with Crippen molar-refractivity contribution in [2.75, 3.05) is 0 Å². The van der Waals surface area contributed by atoms with Gasteiger partial charge >= 0.3 is 0 Å². The van der Waals surface area contributed by atoms with Gasteiger partial charge in [0.15, 0.2) is 17.5 Å². The van der Waals surface area contributed by atoms with Crippen LogP contribution in [0.3, 0.4) is 0 Å². The van der Waals surface area contributed by atoms with Gasteiger partial charge in [0.1, 0.15) is 0 Å². The molecule has 3 heteroatoms. The van der Waals surface area contributed by atoms with Gasteiger partial charge in [0.2, 0.25) is 0 Å². The lowest BCUT2D eigenvalue weighted by molar-refractivity contribution is 1.08. The van der Waals surface area contributed by atoms with Crippen molar-refractivity contribution in [1.29, 1.82) is 0 Å². The summed E-state index contributed by atoms with van der Waals surface area (Å²) in [5, 5.41) is 6.83. The summed E-state index contributed by atoms with van der Waals surface area (Å²) < 4.78 is 0. The molecule has 1 heterocycles. The highest BCUT2D eigenvalue weighted by Crippen LogP contribution is 2.38. The number of nitrogens with zero attached hydrogens (tertiary/aromatic N) is 3. The van der Waals surface area contributed by atoms with Gasteiger partial charge in [0.25, 0.3) is 0 Å². The Morgan fingerprint density at radius 1 is 0.200 bits per heavy atom. The van der Waals surface area contributed by atoms with E-state index in [1.165, 1.54) is 38.8 Å². The van der Waals surface area contributed by atoms with Crippen LogP contribution in [-0.2, 0) is 0 Å². The van der Waals surface area contributed by atoms with Gasteiger partial charge in [-0.2, -0.15) is 0 Å². The zero-order valence-electron chi connectivity index (χ0n) is 32.7.